The number of benzene rings is 1. The summed E-state index contributed by atoms with van der Waals surface area (Å²) in [6, 6.07) is 3.54. The summed E-state index contributed by atoms with van der Waals surface area (Å²) in [4.78, 5) is 4.05. The zero-order valence-corrected chi connectivity index (χ0v) is 18.8. The van der Waals surface area contributed by atoms with Crippen LogP contribution in [0.4, 0.5) is 13.2 Å². The van der Waals surface area contributed by atoms with Gasteiger partial charge in [-0.1, -0.05) is 15.9 Å². The van der Waals surface area contributed by atoms with Crippen LogP contribution in [0.5, 0.6) is 5.75 Å². The molecule has 2 heterocycles. The molecular formula is C18H25BrF3N3O4S. The fourth-order valence-electron chi connectivity index (χ4n) is 3.57. The molecule has 2 aliphatic rings. The van der Waals surface area contributed by atoms with Crippen molar-refractivity contribution < 1.29 is 31.1 Å². The van der Waals surface area contributed by atoms with Gasteiger partial charge in [0.05, 0.1) is 13.2 Å². The highest BCUT2D eigenvalue weighted by atomic mass is 79.9. The smallest absolute Gasteiger partial charge is 0.404 e. The molecule has 7 nitrogen and oxygen atoms in total. The fraction of sp³-hybridized carbons (Fsp3) is 0.667. The fourth-order valence-corrected chi connectivity index (χ4v) is 5.43. The van der Waals surface area contributed by atoms with Gasteiger partial charge in [-0.3, -0.25) is 4.90 Å². The van der Waals surface area contributed by atoms with E-state index in [1.165, 1.54) is 10.4 Å². The lowest BCUT2D eigenvalue weighted by Gasteiger charge is -2.35. The van der Waals surface area contributed by atoms with E-state index in [-0.39, 0.29) is 13.1 Å². The van der Waals surface area contributed by atoms with Crippen LogP contribution in [0, 0.1) is 0 Å². The Morgan fingerprint density at radius 2 is 1.60 bits per heavy atom. The maximum atomic E-state index is 13.0. The van der Waals surface area contributed by atoms with Gasteiger partial charge in [-0.05, 0) is 37.7 Å². The number of hydrogen-bond acceptors (Lipinski definition) is 6. The molecule has 0 aromatic heterocycles. The van der Waals surface area contributed by atoms with Crippen LogP contribution in [0.1, 0.15) is 6.42 Å². The number of morpholine rings is 1. The summed E-state index contributed by atoms with van der Waals surface area (Å²) in [6.45, 7) is 6.72. The van der Waals surface area contributed by atoms with Gasteiger partial charge in [0.1, 0.15) is 4.90 Å². The normalized spacial score (nSPS) is 20.4. The SMILES string of the molecule is O=S(=O)(c1ccc(Br)cc1OC(F)(F)F)N1CCN(CCCN2CCOCC2)CC1. The van der Waals surface area contributed by atoms with E-state index in [2.05, 4.69) is 30.5 Å². The van der Waals surface area contributed by atoms with Gasteiger partial charge in [-0.15, -0.1) is 13.2 Å². The molecule has 0 atom stereocenters. The zero-order valence-electron chi connectivity index (χ0n) is 16.4. The van der Waals surface area contributed by atoms with E-state index in [0.29, 0.717) is 17.6 Å². The van der Waals surface area contributed by atoms with Gasteiger partial charge < -0.3 is 14.4 Å². The quantitative estimate of drug-likeness (QED) is 0.555. The Kier molecular flexibility index (Phi) is 8.02. The minimum absolute atomic E-state index is 0.224. The number of sulfonamides is 1. The number of rotatable bonds is 7. The van der Waals surface area contributed by atoms with Crippen molar-refractivity contribution in [3.8, 4) is 5.75 Å². The predicted molar refractivity (Wildman–Crippen MR) is 108 cm³/mol. The van der Waals surface area contributed by atoms with Crippen LogP contribution in [0.15, 0.2) is 27.6 Å². The minimum Gasteiger partial charge on any atom is -0.404 e. The van der Waals surface area contributed by atoms with Gasteiger partial charge in [0.25, 0.3) is 0 Å². The van der Waals surface area contributed by atoms with Gasteiger partial charge >= 0.3 is 6.36 Å². The molecule has 0 saturated carbocycles. The van der Waals surface area contributed by atoms with Crippen LogP contribution in [0.25, 0.3) is 0 Å². The van der Waals surface area contributed by atoms with E-state index in [1.54, 1.807) is 0 Å². The monoisotopic (exact) mass is 515 g/mol. The van der Waals surface area contributed by atoms with Gasteiger partial charge in [-0.25, -0.2) is 8.42 Å². The first-order valence-corrected chi connectivity index (χ1v) is 12.0. The Morgan fingerprint density at radius 3 is 2.20 bits per heavy atom. The molecule has 0 unspecified atom stereocenters. The highest BCUT2D eigenvalue weighted by Gasteiger charge is 2.36. The van der Waals surface area contributed by atoms with Crippen LogP contribution >= 0.6 is 15.9 Å². The van der Waals surface area contributed by atoms with Crippen LogP contribution in [-0.2, 0) is 14.8 Å². The third-order valence-electron chi connectivity index (χ3n) is 5.13. The van der Waals surface area contributed by atoms with E-state index in [4.69, 9.17) is 4.74 Å². The first-order valence-electron chi connectivity index (χ1n) is 9.73. The van der Waals surface area contributed by atoms with Crippen molar-refractivity contribution in [1.82, 2.24) is 14.1 Å². The maximum absolute atomic E-state index is 13.0. The van der Waals surface area contributed by atoms with E-state index >= 15 is 0 Å². The standard InChI is InChI=1S/C18H25BrF3N3O4S/c19-15-2-3-17(16(14-15)29-18(20,21)22)30(26,27)25-8-6-23(7-9-25)4-1-5-24-10-12-28-13-11-24/h2-3,14H,1,4-13H2. The lowest BCUT2D eigenvalue weighted by atomic mass is 10.3. The molecule has 0 bridgehead atoms. The topological polar surface area (TPSA) is 62.3 Å². The number of alkyl halides is 3. The highest BCUT2D eigenvalue weighted by molar-refractivity contribution is 9.10. The van der Waals surface area contributed by atoms with E-state index < -0.39 is 27.0 Å². The number of nitrogens with zero attached hydrogens (tertiary/aromatic N) is 3. The van der Waals surface area contributed by atoms with E-state index in [9.17, 15) is 21.6 Å². The molecule has 12 heteroatoms. The first-order chi connectivity index (χ1) is 14.1. The van der Waals surface area contributed by atoms with Crippen molar-refractivity contribution in [2.75, 3.05) is 65.6 Å². The Bertz CT molecular complexity index is 811. The third kappa shape index (κ3) is 6.54. The molecule has 170 valence electrons. The van der Waals surface area contributed by atoms with Crippen molar-refractivity contribution >= 4 is 26.0 Å². The van der Waals surface area contributed by atoms with Crippen LogP contribution < -0.4 is 4.74 Å². The lowest BCUT2D eigenvalue weighted by molar-refractivity contribution is -0.275. The Morgan fingerprint density at radius 1 is 1.00 bits per heavy atom. The molecule has 0 N–H and O–H groups in total. The van der Waals surface area contributed by atoms with Crippen molar-refractivity contribution in [2.45, 2.75) is 17.7 Å². The van der Waals surface area contributed by atoms with Crippen molar-refractivity contribution in [3.05, 3.63) is 22.7 Å². The van der Waals surface area contributed by atoms with Crippen molar-refractivity contribution in [2.24, 2.45) is 0 Å². The molecule has 30 heavy (non-hydrogen) atoms. The van der Waals surface area contributed by atoms with Gasteiger partial charge in [0.15, 0.2) is 5.75 Å². The number of ether oxygens (including phenoxy) is 2. The van der Waals surface area contributed by atoms with Crippen LogP contribution in [0.3, 0.4) is 0 Å². The number of halogens is 4. The van der Waals surface area contributed by atoms with Crippen molar-refractivity contribution in [3.63, 3.8) is 0 Å². The predicted octanol–water partition coefficient (Wildman–Crippen LogP) is 2.38. The maximum Gasteiger partial charge on any atom is 0.573 e. The third-order valence-corrected chi connectivity index (χ3v) is 7.56. The molecule has 0 amide bonds. The van der Waals surface area contributed by atoms with Crippen LogP contribution in [0.2, 0.25) is 0 Å². The second kappa shape index (κ2) is 10.1. The second-order valence-electron chi connectivity index (χ2n) is 7.19. The molecule has 0 radical (unpaired) electrons. The number of hydrogen-bond donors (Lipinski definition) is 0. The van der Waals surface area contributed by atoms with Gasteiger partial charge in [0.2, 0.25) is 10.0 Å². The molecule has 1 aromatic rings. The molecule has 2 saturated heterocycles. The Balaban J connectivity index is 1.57. The Labute approximate surface area is 182 Å². The van der Waals surface area contributed by atoms with Gasteiger partial charge in [0, 0.05) is 43.7 Å². The zero-order chi connectivity index (χ0) is 21.8. The van der Waals surface area contributed by atoms with Crippen molar-refractivity contribution in [1.29, 1.82) is 0 Å². The summed E-state index contributed by atoms with van der Waals surface area (Å²) in [5, 5.41) is 0. The van der Waals surface area contributed by atoms with E-state index in [1.807, 2.05) is 0 Å². The first kappa shape index (κ1) is 23.7. The lowest BCUT2D eigenvalue weighted by Crippen LogP contribution is -2.49. The molecule has 2 aliphatic heterocycles. The summed E-state index contributed by atoms with van der Waals surface area (Å²) >= 11 is 3.05. The summed E-state index contributed by atoms with van der Waals surface area (Å²) in [5.41, 5.74) is 0. The summed E-state index contributed by atoms with van der Waals surface area (Å²) in [7, 11) is -4.10. The summed E-state index contributed by atoms with van der Waals surface area (Å²) in [5.74, 6) is -0.732. The van der Waals surface area contributed by atoms with Crippen LogP contribution in [-0.4, -0.2) is 94.5 Å². The average Bonchev–Trinajstić information content (AvgIpc) is 2.68. The Hall–Kier alpha value is -0.920. The molecule has 0 spiro atoms. The largest absolute Gasteiger partial charge is 0.573 e. The second-order valence-corrected chi connectivity index (χ2v) is 10.0. The average molecular weight is 516 g/mol. The highest BCUT2D eigenvalue weighted by Crippen LogP contribution is 2.34. The molecule has 1 aromatic carbocycles. The van der Waals surface area contributed by atoms with E-state index in [0.717, 1.165) is 57.9 Å². The summed E-state index contributed by atoms with van der Waals surface area (Å²) < 4.78 is 74.9. The summed E-state index contributed by atoms with van der Waals surface area (Å²) in [6.07, 6.45) is -4.01. The molecule has 2 fully saturated rings. The molecular weight excluding hydrogens is 491 g/mol. The molecule has 0 aliphatic carbocycles. The van der Waals surface area contributed by atoms with Gasteiger partial charge in [-0.2, -0.15) is 4.31 Å². The minimum atomic E-state index is -4.98. The number of piperazine rings is 1. The molecule has 3 rings (SSSR count).